The second-order valence-electron chi connectivity index (χ2n) is 3.81. The van der Waals surface area contributed by atoms with Gasteiger partial charge >= 0.3 is 5.69 Å². The third kappa shape index (κ3) is 2.82. The molecule has 20 heavy (non-hydrogen) atoms. The van der Waals surface area contributed by atoms with Crippen LogP contribution in [0.25, 0.3) is 0 Å². The third-order valence-electron chi connectivity index (χ3n) is 2.35. The number of ether oxygens (including phenoxy) is 1. The minimum atomic E-state index is -0.865. The summed E-state index contributed by atoms with van der Waals surface area (Å²) in [6, 6.07) is 2.86. The van der Waals surface area contributed by atoms with Crippen molar-refractivity contribution < 1.29 is 14.1 Å². The number of nitrogen functional groups attached to an aromatic ring is 1. The molecule has 1 aromatic carbocycles. The number of anilines is 1. The maximum Gasteiger partial charge on any atom is 0.313 e. The van der Waals surface area contributed by atoms with Crippen molar-refractivity contribution in [3.8, 4) is 11.6 Å². The molecule has 0 fully saturated rings. The van der Waals surface area contributed by atoms with E-state index in [2.05, 4.69) is 25.9 Å². The van der Waals surface area contributed by atoms with Crippen LogP contribution in [-0.4, -0.2) is 14.9 Å². The Morgan fingerprint density at radius 1 is 1.50 bits per heavy atom. The third-order valence-corrected chi connectivity index (χ3v) is 2.80. The lowest BCUT2D eigenvalue weighted by molar-refractivity contribution is -0.385. The highest BCUT2D eigenvalue weighted by Gasteiger charge is 2.21. The number of hydrogen-bond acceptors (Lipinski definition) is 6. The number of nitrogens with two attached hydrogens (primary N) is 1. The summed E-state index contributed by atoms with van der Waals surface area (Å²) < 4.78 is 19.2. The van der Waals surface area contributed by atoms with E-state index in [1.165, 1.54) is 6.07 Å². The molecule has 0 spiro atoms. The fraction of sp³-hybridized carbons (Fsp3) is 0.0909. The van der Waals surface area contributed by atoms with Gasteiger partial charge in [0.2, 0.25) is 17.5 Å². The van der Waals surface area contributed by atoms with Gasteiger partial charge < -0.3 is 10.5 Å². The largest absolute Gasteiger partial charge is 0.429 e. The van der Waals surface area contributed by atoms with Gasteiger partial charge in [-0.15, -0.1) is 0 Å². The lowest BCUT2D eigenvalue weighted by Crippen LogP contribution is -2.02. The lowest BCUT2D eigenvalue weighted by atomic mass is 10.2. The van der Waals surface area contributed by atoms with Crippen LogP contribution in [0.3, 0.4) is 0 Å². The first-order chi connectivity index (χ1) is 9.38. The van der Waals surface area contributed by atoms with Crippen molar-refractivity contribution in [3.05, 3.63) is 44.3 Å². The second-order valence-corrected chi connectivity index (χ2v) is 4.73. The number of rotatable bonds is 3. The zero-order chi connectivity index (χ0) is 14.9. The summed E-state index contributed by atoms with van der Waals surface area (Å²) in [5.74, 6) is -1.63. The molecule has 0 saturated heterocycles. The van der Waals surface area contributed by atoms with Crippen LogP contribution in [0.15, 0.2) is 22.8 Å². The van der Waals surface area contributed by atoms with E-state index >= 15 is 0 Å². The van der Waals surface area contributed by atoms with Gasteiger partial charge in [0.1, 0.15) is 0 Å². The molecule has 0 unspecified atom stereocenters. The Balaban J connectivity index is 2.53. The number of halogens is 2. The molecule has 0 aliphatic rings. The summed E-state index contributed by atoms with van der Waals surface area (Å²) in [5.41, 5.74) is 5.47. The average Bonchev–Trinajstić information content (AvgIpc) is 2.36. The molecular weight excluding hydrogens is 335 g/mol. The van der Waals surface area contributed by atoms with Gasteiger partial charge in [0.05, 0.1) is 11.1 Å². The van der Waals surface area contributed by atoms with E-state index in [0.29, 0.717) is 10.0 Å². The van der Waals surface area contributed by atoms with Crippen LogP contribution in [0.1, 0.15) is 5.56 Å². The Labute approximate surface area is 120 Å². The number of nitro groups is 1. The quantitative estimate of drug-likeness (QED) is 0.679. The molecule has 2 N–H and O–H groups in total. The first-order valence-electron chi connectivity index (χ1n) is 5.29. The van der Waals surface area contributed by atoms with Crippen molar-refractivity contribution in [2.75, 3.05) is 5.73 Å². The molecule has 0 aliphatic carbocycles. The SMILES string of the molecule is Cc1cc(Br)cc([N+](=O)[O-])c1Oc1nc(N)ncc1F. The molecule has 104 valence electrons. The summed E-state index contributed by atoms with van der Waals surface area (Å²) in [4.78, 5) is 17.4. The molecule has 0 amide bonds. The van der Waals surface area contributed by atoms with E-state index in [0.717, 1.165) is 6.20 Å². The van der Waals surface area contributed by atoms with Crippen LogP contribution in [0.5, 0.6) is 11.6 Å². The zero-order valence-corrected chi connectivity index (χ0v) is 11.7. The Morgan fingerprint density at radius 2 is 2.20 bits per heavy atom. The number of aromatic nitrogens is 2. The summed E-state index contributed by atoms with van der Waals surface area (Å²) >= 11 is 3.15. The van der Waals surface area contributed by atoms with Gasteiger partial charge in [0.15, 0.2) is 0 Å². The fourth-order valence-corrected chi connectivity index (χ4v) is 2.07. The minimum absolute atomic E-state index is 0.102. The maximum atomic E-state index is 13.5. The Morgan fingerprint density at radius 3 is 2.85 bits per heavy atom. The van der Waals surface area contributed by atoms with Crippen molar-refractivity contribution >= 4 is 27.6 Å². The average molecular weight is 343 g/mol. The predicted octanol–water partition coefficient (Wildman–Crippen LogP) is 2.97. The number of aryl methyl sites for hydroxylation is 1. The molecular formula is C11H8BrFN4O3. The Bertz CT molecular complexity index is 696. The number of nitrogens with zero attached hydrogens (tertiary/aromatic N) is 3. The maximum absolute atomic E-state index is 13.5. The van der Waals surface area contributed by atoms with Gasteiger partial charge in [0, 0.05) is 16.1 Å². The van der Waals surface area contributed by atoms with Crippen LogP contribution in [0.4, 0.5) is 16.0 Å². The number of benzene rings is 1. The lowest BCUT2D eigenvalue weighted by Gasteiger charge is -2.09. The van der Waals surface area contributed by atoms with E-state index in [4.69, 9.17) is 10.5 Å². The van der Waals surface area contributed by atoms with Crippen molar-refractivity contribution in [1.29, 1.82) is 0 Å². The van der Waals surface area contributed by atoms with Gasteiger partial charge in [-0.25, -0.2) is 4.98 Å². The summed E-state index contributed by atoms with van der Waals surface area (Å²) in [5, 5.41) is 11.0. The molecule has 0 saturated carbocycles. The van der Waals surface area contributed by atoms with Crippen LogP contribution in [0.2, 0.25) is 0 Å². The highest BCUT2D eigenvalue weighted by molar-refractivity contribution is 9.10. The van der Waals surface area contributed by atoms with Crippen molar-refractivity contribution in [2.45, 2.75) is 6.92 Å². The number of hydrogen-bond donors (Lipinski definition) is 1. The van der Waals surface area contributed by atoms with Crippen LogP contribution in [0, 0.1) is 22.9 Å². The second kappa shape index (κ2) is 5.37. The molecule has 7 nitrogen and oxygen atoms in total. The molecule has 1 aromatic heterocycles. The van der Waals surface area contributed by atoms with Gasteiger partial charge in [-0.1, -0.05) is 15.9 Å². The van der Waals surface area contributed by atoms with E-state index in [1.54, 1.807) is 13.0 Å². The molecule has 0 aliphatic heterocycles. The molecule has 0 bridgehead atoms. The molecule has 1 heterocycles. The molecule has 2 aromatic rings. The van der Waals surface area contributed by atoms with Gasteiger partial charge in [-0.05, 0) is 13.0 Å². The Hall–Kier alpha value is -2.29. The Kier molecular flexibility index (Phi) is 3.79. The van der Waals surface area contributed by atoms with Crippen molar-refractivity contribution in [2.24, 2.45) is 0 Å². The van der Waals surface area contributed by atoms with E-state index < -0.39 is 16.6 Å². The van der Waals surface area contributed by atoms with Crippen LogP contribution >= 0.6 is 15.9 Å². The van der Waals surface area contributed by atoms with E-state index in [9.17, 15) is 14.5 Å². The van der Waals surface area contributed by atoms with Gasteiger partial charge in [-0.3, -0.25) is 10.1 Å². The molecule has 0 atom stereocenters. The fourth-order valence-electron chi connectivity index (χ4n) is 1.51. The number of nitro benzene ring substituents is 1. The molecule has 9 heteroatoms. The normalized spacial score (nSPS) is 10.3. The smallest absolute Gasteiger partial charge is 0.313 e. The van der Waals surface area contributed by atoms with Crippen molar-refractivity contribution in [1.82, 2.24) is 9.97 Å². The van der Waals surface area contributed by atoms with Crippen molar-refractivity contribution in [3.63, 3.8) is 0 Å². The first kappa shape index (κ1) is 14.1. The highest BCUT2D eigenvalue weighted by Crippen LogP contribution is 2.37. The molecule has 2 rings (SSSR count). The van der Waals surface area contributed by atoms with E-state index in [1.807, 2.05) is 0 Å². The van der Waals surface area contributed by atoms with Gasteiger partial charge in [0.25, 0.3) is 5.88 Å². The zero-order valence-electron chi connectivity index (χ0n) is 10.1. The van der Waals surface area contributed by atoms with Gasteiger partial charge in [-0.2, -0.15) is 9.37 Å². The van der Waals surface area contributed by atoms with Crippen LogP contribution in [-0.2, 0) is 0 Å². The predicted molar refractivity (Wildman–Crippen MR) is 72.0 cm³/mol. The monoisotopic (exact) mass is 342 g/mol. The first-order valence-corrected chi connectivity index (χ1v) is 6.08. The highest BCUT2D eigenvalue weighted by atomic mass is 79.9. The summed E-state index contributed by atoms with van der Waals surface area (Å²) in [6.45, 7) is 1.59. The van der Waals surface area contributed by atoms with E-state index in [-0.39, 0.29) is 17.4 Å². The topological polar surface area (TPSA) is 104 Å². The molecule has 0 radical (unpaired) electrons. The standard InChI is InChI=1S/C11H8BrFN4O3/c1-5-2-6(12)3-8(17(18)19)9(5)20-10-7(13)4-15-11(14)16-10/h2-4H,1H3,(H2,14,15,16). The minimum Gasteiger partial charge on any atom is -0.429 e. The summed E-state index contributed by atoms with van der Waals surface area (Å²) in [6.07, 6.45) is 0.831. The summed E-state index contributed by atoms with van der Waals surface area (Å²) in [7, 11) is 0. The van der Waals surface area contributed by atoms with Crippen LogP contribution < -0.4 is 10.5 Å².